The van der Waals surface area contributed by atoms with Gasteiger partial charge in [-0.1, -0.05) is 6.07 Å². The number of nitrogens with one attached hydrogen (secondary N) is 2. The number of nitro benzene ring substituents is 1. The molecule has 194 valence electrons. The maximum absolute atomic E-state index is 12.1. The third-order valence-corrected chi connectivity index (χ3v) is 5.34. The molecule has 0 fully saturated rings. The van der Waals surface area contributed by atoms with E-state index in [0.29, 0.717) is 12.0 Å². The highest BCUT2D eigenvalue weighted by atomic mass is 16.6. The minimum atomic E-state index is -1.40. The van der Waals surface area contributed by atoms with Crippen LogP contribution < -0.4 is 10.6 Å². The molecule has 4 rings (SSSR count). The van der Waals surface area contributed by atoms with Gasteiger partial charge in [-0.25, -0.2) is 24.4 Å². The summed E-state index contributed by atoms with van der Waals surface area (Å²) in [6, 6.07) is 6.86. The number of hydrogen-bond donors (Lipinski definition) is 4. The molecular formula is C23H18N6O9. The summed E-state index contributed by atoms with van der Waals surface area (Å²) in [5.74, 6) is -2.56. The molecule has 0 aliphatic carbocycles. The van der Waals surface area contributed by atoms with Gasteiger partial charge in [-0.05, 0) is 24.3 Å². The Bertz CT molecular complexity index is 1500. The summed E-state index contributed by atoms with van der Waals surface area (Å²) in [5, 5.41) is 35.0. The molecule has 4 N–H and O–H groups in total. The summed E-state index contributed by atoms with van der Waals surface area (Å²) in [6.45, 7) is -0.285. The van der Waals surface area contributed by atoms with E-state index in [1.807, 2.05) is 0 Å². The number of fused-ring (bicyclic) bond motifs is 1. The van der Waals surface area contributed by atoms with Gasteiger partial charge in [0.05, 0.1) is 46.0 Å². The molecule has 1 atom stereocenters. The van der Waals surface area contributed by atoms with Crippen LogP contribution in [0.25, 0.3) is 0 Å². The molecule has 0 saturated carbocycles. The van der Waals surface area contributed by atoms with E-state index in [1.54, 1.807) is 0 Å². The lowest BCUT2D eigenvalue weighted by molar-refractivity contribution is -0.385. The summed E-state index contributed by atoms with van der Waals surface area (Å²) in [6.07, 6.45) is 2.36. The molecule has 0 bridgehead atoms. The summed E-state index contributed by atoms with van der Waals surface area (Å²) in [4.78, 5) is 64.9. The molecule has 1 unspecified atom stereocenters. The number of carbonyl (C=O) groups is 4. The summed E-state index contributed by atoms with van der Waals surface area (Å²) in [7, 11) is 0. The highest BCUT2D eigenvalue weighted by molar-refractivity contribution is 6.42. The minimum absolute atomic E-state index is 0.0120. The van der Waals surface area contributed by atoms with Gasteiger partial charge in [-0.15, -0.1) is 0 Å². The van der Waals surface area contributed by atoms with Crippen LogP contribution in [0.5, 0.6) is 0 Å². The summed E-state index contributed by atoms with van der Waals surface area (Å²) in [5.41, 5.74) is 0.253. The number of hydrogen-bond acceptors (Lipinski definition) is 10. The maximum Gasteiger partial charge on any atom is 0.412 e. The van der Waals surface area contributed by atoms with Crippen LogP contribution in [0.1, 0.15) is 21.6 Å². The zero-order valence-corrected chi connectivity index (χ0v) is 19.2. The highest BCUT2D eigenvalue weighted by Crippen LogP contribution is 2.36. The number of anilines is 2. The molecule has 0 radical (unpaired) electrons. The number of aromatic carboxylic acids is 1. The lowest BCUT2D eigenvalue weighted by Crippen LogP contribution is -2.38. The van der Waals surface area contributed by atoms with E-state index >= 15 is 0 Å². The fraction of sp³-hybridized carbons (Fsp3) is 0.130. The zero-order chi connectivity index (χ0) is 27.4. The molecule has 38 heavy (non-hydrogen) atoms. The lowest BCUT2D eigenvalue weighted by Gasteiger charge is -2.21. The number of amides is 1. The fourth-order valence-corrected chi connectivity index (χ4v) is 3.63. The van der Waals surface area contributed by atoms with Crippen molar-refractivity contribution in [1.82, 2.24) is 9.55 Å². The van der Waals surface area contributed by atoms with Gasteiger partial charge >= 0.3 is 18.0 Å². The Balaban J connectivity index is 1.46. The topological polar surface area (TPSA) is 215 Å². The third kappa shape index (κ3) is 5.62. The molecule has 2 heterocycles. The number of nitro groups is 1. The van der Waals surface area contributed by atoms with Crippen molar-refractivity contribution in [3.8, 4) is 0 Å². The molecule has 15 nitrogen and oxygen atoms in total. The Hall–Kier alpha value is -5.60. The SMILES string of the molecule is O=CC1Nc2cc([N+](=O)[O-])c(Cn3cnc(COC(=O)Nc4cccc(C(=O)O)c4)c3)cc2N=C1C(=O)O. The van der Waals surface area contributed by atoms with E-state index in [4.69, 9.17) is 9.84 Å². The van der Waals surface area contributed by atoms with E-state index < -0.39 is 34.7 Å². The van der Waals surface area contributed by atoms with Gasteiger partial charge in [0.1, 0.15) is 18.9 Å². The van der Waals surface area contributed by atoms with Gasteiger partial charge in [0, 0.05) is 18.0 Å². The zero-order valence-electron chi connectivity index (χ0n) is 19.2. The van der Waals surface area contributed by atoms with Crippen molar-refractivity contribution in [3.05, 3.63) is 75.9 Å². The monoisotopic (exact) mass is 522 g/mol. The number of aliphatic imine (C=N–C) groups is 1. The Kier molecular flexibility index (Phi) is 7.09. The number of rotatable bonds is 9. The Morgan fingerprint density at radius 1 is 1.21 bits per heavy atom. The first-order valence-electron chi connectivity index (χ1n) is 10.8. The van der Waals surface area contributed by atoms with Crippen molar-refractivity contribution < 1.29 is 39.1 Å². The molecule has 1 aromatic heterocycles. The van der Waals surface area contributed by atoms with Crippen molar-refractivity contribution >= 4 is 52.8 Å². The number of carbonyl (C=O) groups excluding carboxylic acids is 2. The largest absolute Gasteiger partial charge is 0.478 e. The molecular weight excluding hydrogens is 504 g/mol. The van der Waals surface area contributed by atoms with Crippen LogP contribution in [0.4, 0.5) is 27.5 Å². The average Bonchev–Trinajstić information content (AvgIpc) is 3.33. The van der Waals surface area contributed by atoms with Crippen molar-refractivity contribution in [3.63, 3.8) is 0 Å². The second-order valence-electron chi connectivity index (χ2n) is 7.94. The first-order chi connectivity index (χ1) is 18.1. The summed E-state index contributed by atoms with van der Waals surface area (Å²) < 4.78 is 6.59. The molecule has 3 aromatic rings. The van der Waals surface area contributed by atoms with E-state index in [0.717, 1.165) is 0 Å². The number of carboxylic acids is 2. The number of aldehydes is 1. The Morgan fingerprint density at radius 2 is 2.00 bits per heavy atom. The number of imidazole rings is 1. The van der Waals surface area contributed by atoms with Crippen molar-refractivity contribution in [2.45, 2.75) is 19.2 Å². The third-order valence-electron chi connectivity index (χ3n) is 5.34. The van der Waals surface area contributed by atoms with Gasteiger partial charge in [-0.2, -0.15) is 0 Å². The smallest absolute Gasteiger partial charge is 0.412 e. The van der Waals surface area contributed by atoms with E-state index in [1.165, 1.54) is 53.5 Å². The van der Waals surface area contributed by atoms with E-state index in [2.05, 4.69) is 20.6 Å². The predicted octanol–water partition coefficient (Wildman–Crippen LogP) is 2.44. The Labute approximate surface area is 212 Å². The van der Waals surface area contributed by atoms with Gasteiger partial charge in [0.15, 0.2) is 5.71 Å². The number of aliphatic carboxylic acids is 1. The van der Waals surface area contributed by atoms with Crippen LogP contribution in [0.3, 0.4) is 0 Å². The lowest BCUT2D eigenvalue weighted by atomic mass is 10.1. The van der Waals surface area contributed by atoms with Crippen molar-refractivity contribution in [1.29, 1.82) is 0 Å². The molecule has 1 aliphatic heterocycles. The maximum atomic E-state index is 12.1. The average molecular weight is 522 g/mol. The number of ether oxygens (including phenoxy) is 1. The highest BCUT2D eigenvalue weighted by Gasteiger charge is 2.29. The fourth-order valence-electron chi connectivity index (χ4n) is 3.63. The van der Waals surface area contributed by atoms with Gasteiger partial charge in [0.2, 0.25) is 0 Å². The van der Waals surface area contributed by atoms with Crippen molar-refractivity contribution in [2.75, 3.05) is 10.6 Å². The normalized spacial score (nSPS) is 13.9. The molecule has 0 spiro atoms. The van der Waals surface area contributed by atoms with Crippen LogP contribution in [0.15, 0.2) is 53.9 Å². The predicted molar refractivity (Wildman–Crippen MR) is 130 cm³/mol. The van der Waals surface area contributed by atoms with Gasteiger partial charge < -0.3 is 29.6 Å². The standard InChI is InChI=1S/C23H18N6O9/c30-9-18-20(22(33)34)27-16-5-13(19(29(36)37)6-17(16)26-18)7-28-8-15(24-11-28)10-38-23(35)25-14-3-1-2-12(4-14)21(31)32/h1-6,8-9,11,18,26H,7,10H2,(H,25,35)(H,31,32)(H,33,34). The van der Waals surface area contributed by atoms with Crippen LogP contribution >= 0.6 is 0 Å². The molecule has 1 aliphatic rings. The number of carboxylic acid groups (broad SMARTS) is 2. The molecule has 2 aromatic carbocycles. The molecule has 1 amide bonds. The minimum Gasteiger partial charge on any atom is -0.478 e. The number of benzene rings is 2. The van der Waals surface area contributed by atoms with Gasteiger partial charge in [0.25, 0.3) is 5.69 Å². The van der Waals surface area contributed by atoms with E-state index in [-0.39, 0.29) is 47.0 Å². The second kappa shape index (κ2) is 10.6. The van der Waals surface area contributed by atoms with E-state index in [9.17, 15) is 34.4 Å². The van der Waals surface area contributed by atoms with Crippen LogP contribution in [0, 0.1) is 10.1 Å². The van der Waals surface area contributed by atoms with Crippen LogP contribution in [0.2, 0.25) is 0 Å². The second-order valence-corrected chi connectivity index (χ2v) is 7.94. The molecule has 0 saturated heterocycles. The first kappa shape index (κ1) is 25.5. The van der Waals surface area contributed by atoms with Crippen LogP contribution in [-0.2, 0) is 27.5 Å². The Morgan fingerprint density at radius 3 is 2.68 bits per heavy atom. The van der Waals surface area contributed by atoms with Gasteiger partial charge in [-0.3, -0.25) is 15.4 Å². The summed E-state index contributed by atoms with van der Waals surface area (Å²) >= 11 is 0. The van der Waals surface area contributed by atoms with Crippen LogP contribution in [-0.4, -0.2) is 60.8 Å². The van der Waals surface area contributed by atoms with Crippen molar-refractivity contribution in [2.24, 2.45) is 4.99 Å². The molecule has 15 heteroatoms. The number of aromatic nitrogens is 2. The quantitative estimate of drug-likeness (QED) is 0.182. The first-order valence-corrected chi connectivity index (χ1v) is 10.8. The number of nitrogens with zero attached hydrogens (tertiary/aromatic N) is 4.